The van der Waals surface area contributed by atoms with Crippen molar-refractivity contribution in [3.8, 4) is 0 Å². The Morgan fingerprint density at radius 3 is 2.43 bits per heavy atom. The van der Waals surface area contributed by atoms with Gasteiger partial charge in [0.1, 0.15) is 0 Å². The summed E-state index contributed by atoms with van der Waals surface area (Å²) in [7, 11) is 0. The quantitative estimate of drug-likeness (QED) is 0.363. The van der Waals surface area contributed by atoms with E-state index in [-0.39, 0.29) is 5.56 Å². The van der Waals surface area contributed by atoms with Crippen LogP contribution in [-0.2, 0) is 6.42 Å². The molecule has 1 rings (SSSR count). The van der Waals surface area contributed by atoms with Gasteiger partial charge in [-0.3, -0.25) is 4.79 Å². The summed E-state index contributed by atoms with van der Waals surface area (Å²) < 4.78 is 0. The fourth-order valence-electron chi connectivity index (χ4n) is 2.66. The number of halogens is 1. The minimum Gasteiger partial charge on any atom is -0.301 e. The SMILES string of the molecule is CCCc1cc(=O)[nH]c(SCC(CBr)(CCC)CCC)n1. The number of hydrogen-bond donors (Lipinski definition) is 1. The van der Waals surface area contributed by atoms with Crippen molar-refractivity contribution in [3.05, 3.63) is 22.1 Å². The summed E-state index contributed by atoms with van der Waals surface area (Å²) in [5.41, 5.74) is 1.17. The molecule has 0 unspecified atom stereocenters. The standard InChI is InChI=1S/C16H27BrN2OS/c1-4-7-13-10-14(20)19-15(18-13)21-12-16(11-17,8-5-2)9-6-3/h10H,4-9,11-12H2,1-3H3,(H,18,19,20). The largest absolute Gasteiger partial charge is 0.301 e. The lowest BCUT2D eigenvalue weighted by molar-refractivity contribution is 0.320. The molecule has 5 heteroatoms. The smallest absolute Gasteiger partial charge is 0.251 e. The van der Waals surface area contributed by atoms with E-state index in [0.717, 1.165) is 34.8 Å². The second kappa shape index (κ2) is 9.67. The summed E-state index contributed by atoms with van der Waals surface area (Å²) in [5.74, 6) is 0.998. The number of thioether (sulfide) groups is 1. The van der Waals surface area contributed by atoms with Gasteiger partial charge in [-0.2, -0.15) is 0 Å². The maximum absolute atomic E-state index is 11.7. The van der Waals surface area contributed by atoms with Gasteiger partial charge in [-0.05, 0) is 24.7 Å². The maximum atomic E-state index is 11.7. The highest BCUT2D eigenvalue weighted by Gasteiger charge is 2.27. The topological polar surface area (TPSA) is 45.8 Å². The van der Waals surface area contributed by atoms with Crippen molar-refractivity contribution < 1.29 is 0 Å². The average Bonchev–Trinajstić information content (AvgIpc) is 2.45. The van der Waals surface area contributed by atoms with E-state index in [1.54, 1.807) is 17.8 Å². The van der Waals surface area contributed by atoms with Gasteiger partial charge in [-0.25, -0.2) is 4.98 Å². The molecule has 0 aliphatic rings. The summed E-state index contributed by atoms with van der Waals surface area (Å²) in [5, 5.41) is 1.77. The molecule has 0 radical (unpaired) electrons. The third-order valence-corrected chi connectivity index (χ3v) is 6.05. The van der Waals surface area contributed by atoms with Crippen LogP contribution in [0.3, 0.4) is 0 Å². The zero-order valence-corrected chi connectivity index (χ0v) is 15.8. The first-order chi connectivity index (χ1) is 10.1. The van der Waals surface area contributed by atoms with Crippen molar-refractivity contribution in [1.29, 1.82) is 0 Å². The van der Waals surface area contributed by atoms with Crippen molar-refractivity contribution in [2.24, 2.45) is 5.41 Å². The lowest BCUT2D eigenvalue weighted by Crippen LogP contribution is -2.26. The van der Waals surface area contributed by atoms with Crippen LogP contribution in [0.4, 0.5) is 0 Å². The molecule has 0 saturated heterocycles. The van der Waals surface area contributed by atoms with Gasteiger partial charge in [0.2, 0.25) is 0 Å². The number of hydrogen-bond acceptors (Lipinski definition) is 3. The van der Waals surface area contributed by atoms with E-state index in [1.807, 2.05) is 0 Å². The normalized spacial score (nSPS) is 11.8. The minimum atomic E-state index is -0.0358. The molecule has 1 aromatic rings. The van der Waals surface area contributed by atoms with Crippen molar-refractivity contribution >= 4 is 27.7 Å². The number of aromatic amines is 1. The zero-order chi connectivity index (χ0) is 15.7. The maximum Gasteiger partial charge on any atom is 0.251 e. The van der Waals surface area contributed by atoms with E-state index in [4.69, 9.17) is 0 Å². The Bertz CT molecular complexity index is 470. The van der Waals surface area contributed by atoms with Crippen LogP contribution in [0.1, 0.15) is 58.6 Å². The van der Waals surface area contributed by atoms with E-state index in [9.17, 15) is 4.79 Å². The number of alkyl halides is 1. The Morgan fingerprint density at radius 1 is 1.24 bits per heavy atom. The van der Waals surface area contributed by atoms with E-state index in [0.29, 0.717) is 5.41 Å². The number of rotatable bonds is 10. The molecular formula is C16H27BrN2OS. The predicted molar refractivity (Wildman–Crippen MR) is 95.6 cm³/mol. The van der Waals surface area contributed by atoms with E-state index < -0.39 is 0 Å². The molecule has 3 nitrogen and oxygen atoms in total. The van der Waals surface area contributed by atoms with Gasteiger partial charge >= 0.3 is 0 Å². The Balaban J connectivity index is 2.81. The molecule has 1 N–H and O–H groups in total. The first-order valence-electron chi connectivity index (χ1n) is 7.88. The minimum absolute atomic E-state index is 0.0358. The number of nitrogens with zero attached hydrogens (tertiary/aromatic N) is 1. The molecule has 1 aromatic heterocycles. The third-order valence-electron chi connectivity index (χ3n) is 3.64. The highest BCUT2D eigenvalue weighted by atomic mass is 79.9. The molecule has 0 spiro atoms. The summed E-state index contributed by atoms with van der Waals surface area (Å²) in [6.45, 7) is 6.58. The van der Waals surface area contributed by atoms with Gasteiger partial charge in [0, 0.05) is 22.8 Å². The van der Waals surface area contributed by atoms with Gasteiger partial charge in [0.15, 0.2) is 5.16 Å². The molecule has 0 amide bonds. The first-order valence-corrected chi connectivity index (χ1v) is 9.98. The number of aryl methyl sites for hydroxylation is 1. The van der Waals surface area contributed by atoms with Gasteiger partial charge in [0.05, 0.1) is 0 Å². The summed E-state index contributed by atoms with van der Waals surface area (Å²) in [6, 6.07) is 1.61. The number of nitrogens with one attached hydrogen (secondary N) is 1. The van der Waals surface area contributed by atoms with E-state index in [2.05, 4.69) is 46.7 Å². The monoisotopic (exact) mass is 374 g/mol. The first kappa shape index (κ1) is 18.8. The molecule has 0 bridgehead atoms. The van der Waals surface area contributed by atoms with Crippen LogP contribution in [0.2, 0.25) is 0 Å². The van der Waals surface area contributed by atoms with Crippen LogP contribution in [0.25, 0.3) is 0 Å². The Hall–Kier alpha value is -0.290. The molecule has 0 saturated carbocycles. The number of H-pyrrole nitrogens is 1. The molecule has 0 aromatic carbocycles. The summed E-state index contributed by atoms with van der Waals surface area (Å²) in [6.07, 6.45) is 6.66. The molecule has 0 fully saturated rings. The van der Waals surface area contributed by atoms with Crippen LogP contribution in [0.15, 0.2) is 16.0 Å². The van der Waals surface area contributed by atoms with Crippen LogP contribution in [-0.4, -0.2) is 21.1 Å². The van der Waals surface area contributed by atoms with Crippen molar-refractivity contribution in [2.45, 2.75) is 64.5 Å². The van der Waals surface area contributed by atoms with Gasteiger partial charge < -0.3 is 4.98 Å². The van der Waals surface area contributed by atoms with E-state index in [1.165, 1.54) is 25.7 Å². The second-order valence-corrected chi connectivity index (χ2v) is 7.24. The molecule has 0 aliphatic heterocycles. The molecule has 0 atom stereocenters. The fraction of sp³-hybridized carbons (Fsp3) is 0.750. The van der Waals surface area contributed by atoms with Crippen LogP contribution in [0.5, 0.6) is 0 Å². The molecule has 21 heavy (non-hydrogen) atoms. The Labute approximate surface area is 140 Å². The Kier molecular flexibility index (Phi) is 8.64. The van der Waals surface area contributed by atoms with Crippen LogP contribution < -0.4 is 5.56 Å². The molecular weight excluding hydrogens is 348 g/mol. The average molecular weight is 375 g/mol. The lowest BCUT2D eigenvalue weighted by atomic mass is 9.83. The van der Waals surface area contributed by atoms with Gasteiger partial charge in [-0.15, -0.1) is 0 Å². The number of aromatic nitrogens is 2. The predicted octanol–water partition coefficient (Wildman–Crippen LogP) is 4.80. The lowest BCUT2D eigenvalue weighted by Gasteiger charge is -2.31. The van der Waals surface area contributed by atoms with Crippen molar-refractivity contribution in [1.82, 2.24) is 9.97 Å². The zero-order valence-electron chi connectivity index (χ0n) is 13.4. The molecule has 120 valence electrons. The molecule has 0 aliphatic carbocycles. The van der Waals surface area contributed by atoms with Gasteiger partial charge in [-0.1, -0.05) is 67.7 Å². The Morgan fingerprint density at radius 2 is 1.90 bits per heavy atom. The highest BCUT2D eigenvalue weighted by molar-refractivity contribution is 9.09. The van der Waals surface area contributed by atoms with Crippen LogP contribution in [0, 0.1) is 5.41 Å². The fourth-order valence-corrected chi connectivity index (χ4v) is 4.87. The van der Waals surface area contributed by atoms with Gasteiger partial charge in [0.25, 0.3) is 5.56 Å². The van der Waals surface area contributed by atoms with Crippen molar-refractivity contribution in [2.75, 3.05) is 11.1 Å². The summed E-state index contributed by atoms with van der Waals surface area (Å²) in [4.78, 5) is 19.2. The third kappa shape index (κ3) is 6.15. The molecule has 1 heterocycles. The second-order valence-electron chi connectivity index (χ2n) is 5.71. The van der Waals surface area contributed by atoms with E-state index >= 15 is 0 Å². The van der Waals surface area contributed by atoms with Crippen molar-refractivity contribution in [3.63, 3.8) is 0 Å². The summed E-state index contributed by atoms with van der Waals surface area (Å²) >= 11 is 5.39. The van der Waals surface area contributed by atoms with Crippen LogP contribution >= 0.6 is 27.7 Å². The highest BCUT2D eigenvalue weighted by Crippen LogP contribution is 2.37.